The number of alkyl halides is 1. The molecule has 2 aromatic rings. The summed E-state index contributed by atoms with van der Waals surface area (Å²) in [5.41, 5.74) is 2.35. The normalized spacial score (nSPS) is 16.3. The van der Waals surface area contributed by atoms with Crippen molar-refractivity contribution in [2.24, 2.45) is 0 Å². The van der Waals surface area contributed by atoms with Gasteiger partial charge >= 0.3 is 0 Å². The van der Waals surface area contributed by atoms with Crippen molar-refractivity contribution in [1.29, 1.82) is 0 Å². The quantitative estimate of drug-likeness (QED) is 0.745. The lowest BCUT2D eigenvalue weighted by Crippen LogP contribution is -2.15. The summed E-state index contributed by atoms with van der Waals surface area (Å²) < 4.78 is 11.2. The molecule has 0 radical (unpaired) electrons. The van der Waals surface area contributed by atoms with Gasteiger partial charge < -0.3 is 9.47 Å². The Balaban J connectivity index is 1.88. The van der Waals surface area contributed by atoms with E-state index in [0.717, 1.165) is 23.5 Å². The number of hydrogen-bond donors (Lipinski definition) is 0. The molecule has 0 aromatic heterocycles. The molecule has 0 saturated carbocycles. The lowest BCUT2D eigenvalue weighted by molar-refractivity contribution is 0.171. The third-order valence-electron chi connectivity index (χ3n) is 3.91. The van der Waals surface area contributed by atoms with Crippen LogP contribution in [0.3, 0.4) is 0 Å². The zero-order valence-corrected chi connectivity index (χ0v) is 12.8. The van der Waals surface area contributed by atoms with Gasteiger partial charge in [0.15, 0.2) is 11.5 Å². The Morgan fingerprint density at radius 2 is 1.67 bits per heavy atom. The molecule has 3 heteroatoms. The highest BCUT2D eigenvalue weighted by Crippen LogP contribution is 2.41. The molecule has 1 heterocycles. The van der Waals surface area contributed by atoms with Gasteiger partial charge in [-0.25, -0.2) is 0 Å². The molecular formula is C18H19ClO2. The number of ether oxygens (including phenoxy) is 2. The Kier molecular flexibility index (Phi) is 4.35. The van der Waals surface area contributed by atoms with Gasteiger partial charge in [0.05, 0.1) is 5.38 Å². The molecule has 0 amide bonds. The molecule has 21 heavy (non-hydrogen) atoms. The van der Waals surface area contributed by atoms with Gasteiger partial charge in [-0.15, -0.1) is 11.6 Å². The summed E-state index contributed by atoms with van der Waals surface area (Å²) in [5.74, 6) is 1.89. The van der Waals surface area contributed by atoms with Crippen LogP contribution in [0.4, 0.5) is 0 Å². The topological polar surface area (TPSA) is 18.5 Å². The third-order valence-corrected chi connectivity index (χ3v) is 4.46. The van der Waals surface area contributed by atoms with Gasteiger partial charge in [0.2, 0.25) is 0 Å². The molecule has 0 bridgehead atoms. The van der Waals surface area contributed by atoms with E-state index >= 15 is 0 Å². The summed E-state index contributed by atoms with van der Waals surface area (Å²) in [5, 5.41) is -0.0757. The van der Waals surface area contributed by atoms with E-state index in [0.29, 0.717) is 13.2 Å². The van der Waals surface area contributed by atoms with E-state index < -0.39 is 0 Å². The van der Waals surface area contributed by atoms with Crippen molar-refractivity contribution in [2.75, 3.05) is 13.2 Å². The van der Waals surface area contributed by atoms with Crippen molar-refractivity contribution in [1.82, 2.24) is 0 Å². The van der Waals surface area contributed by atoms with E-state index in [9.17, 15) is 0 Å². The second-order valence-corrected chi connectivity index (χ2v) is 5.70. The van der Waals surface area contributed by atoms with Crippen LogP contribution in [0.25, 0.3) is 0 Å². The summed E-state index contributed by atoms with van der Waals surface area (Å²) >= 11 is 6.75. The first-order chi connectivity index (χ1) is 10.3. The Bertz CT molecular complexity index is 597. The number of fused-ring (bicyclic) bond motifs is 1. The van der Waals surface area contributed by atoms with Crippen molar-refractivity contribution in [3.05, 3.63) is 59.7 Å². The van der Waals surface area contributed by atoms with Crippen molar-refractivity contribution < 1.29 is 9.47 Å². The summed E-state index contributed by atoms with van der Waals surface area (Å²) in [6.45, 7) is 3.38. The average molecular weight is 303 g/mol. The van der Waals surface area contributed by atoms with Crippen LogP contribution in [0, 0.1) is 0 Å². The van der Waals surface area contributed by atoms with Crippen LogP contribution in [-0.2, 0) is 0 Å². The minimum absolute atomic E-state index is 0.0757. The van der Waals surface area contributed by atoms with E-state index in [1.54, 1.807) is 0 Å². The molecule has 2 unspecified atom stereocenters. The van der Waals surface area contributed by atoms with Gasteiger partial charge in [-0.3, -0.25) is 0 Å². The van der Waals surface area contributed by atoms with E-state index in [1.165, 1.54) is 5.56 Å². The van der Waals surface area contributed by atoms with Crippen LogP contribution < -0.4 is 9.47 Å². The Hall–Kier alpha value is -1.67. The first-order valence-electron chi connectivity index (χ1n) is 7.38. The van der Waals surface area contributed by atoms with Gasteiger partial charge in [0, 0.05) is 5.92 Å². The van der Waals surface area contributed by atoms with Crippen molar-refractivity contribution in [2.45, 2.75) is 24.6 Å². The van der Waals surface area contributed by atoms with E-state index in [2.05, 4.69) is 31.2 Å². The molecule has 2 nitrogen and oxygen atoms in total. The molecule has 1 aliphatic heterocycles. The van der Waals surface area contributed by atoms with Crippen molar-refractivity contribution in [3.63, 3.8) is 0 Å². The maximum Gasteiger partial charge on any atom is 0.161 e. The van der Waals surface area contributed by atoms with Gasteiger partial charge in [-0.2, -0.15) is 0 Å². The lowest BCUT2D eigenvalue weighted by Gasteiger charge is -2.24. The first kappa shape index (κ1) is 14.3. The van der Waals surface area contributed by atoms with Gasteiger partial charge in [-0.05, 0) is 29.7 Å². The highest BCUT2D eigenvalue weighted by atomic mass is 35.5. The molecule has 0 spiro atoms. The molecule has 2 atom stereocenters. The molecule has 0 saturated heterocycles. The summed E-state index contributed by atoms with van der Waals surface area (Å²) in [7, 11) is 0. The van der Waals surface area contributed by atoms with Crippen molar-refractivity contribution in [3.8, 4) is 11.5 Å². The molecular weight excluding hydrogens is 284 g/mol. The first-order valence-corrected chi connectivity index (χ1v) is 7.82. The minimum atomic E-state index is -0.0757. The van der Waals surface area contributed by atoms with Crippen molar-refractivity contribution >= 4 is 11.6 Å². The highest BCUT2D eigenvalue weighted by Gasteiger charge is 2.23. The Morgan fingerprint density at radius 1 is 0.952 bits per heavy atom. The zero-order valence-electron chi connectivity index (χ0n) is 12.1. The molecule has 0 N–H and O–H groups in total. The van der Waals surface area contributed by atoms with Crippen LogP contribution in [0.2, 0.25) is 0 Å². The predicted octanol–water partition coefficient (Wildman–Crippen LogP) is 4.93. The van der Waals surface area contributed by atoms with Gasteiger partial charge in [-0.1, -0.05) is 43.3 Å². The van der Waals surface area contributed by atoms with Crippen LogP contribution in [-0.4, -0.2) is 13.2 Å². The molecule has 3 rings (SSSR count). The van der Waals surface area contributed by atoms with Crippen LogP contribution >= 0.6 is 11.6 Å². The Labute approximate surface area is 130 Å². The second-order valence-electron chi connectivity index (χ2n) is 5.23. The van der Waals surface area contributed by atoms with Gasteiger partial charge in [0.1, 0.15) is 13.2 Å². The summed E-state index contributed by atoms with van der Waals surface area (Å²) in [6, 6.07) is 16.4. The number of benzene rings is 2. The van der Waals surface area contributed by atoms with E-state index in [-0.39, 0.29) is 11.3 Å². The Morgan fingerprint density at radius 3 is 2.38 bits per heavy atom. The minimum Gasteiger partial charge on any atom is -0.486 e. The fourth-order valence-electron chi connectivity index (χ4n) is 2.78. The van der Waals surface area contributed by atoms with E-state index in [4.69, 9.17) is 21.1 Å². The average Bonchev–Trinajstić information content (AvgIpc) is 2.56. The SMILES string of the molecule is CCC(c1ccccc1)C(Cl)c1ccc2c(c1)OCCO2. The molecule has 2 aromatic carbocycles. The van der Waals surface area contributed by atoms with Gasteiger partial charge in [0.25, 0.3) is 0 Å². The van der Waals surface area contributed by atoms with E-state index in [1.807, 2.05) is 24.3 Å². The van der Waals surface area contributed by atoms with Crippen LogP contribution in [0.1, 0.15) is 35.8 Å². The predicted molar refractivity (Wildman–Crippen MR) is 85.5 cm³/mol. The summed E-state index contributed by atoms with van der Waals surface area (Å²) in [4.78, 5) is 0. The maximum atomic E-state index is 6.75. The number of rotatable bonds is 4. The molecule has 1 aliphatic rings. The largest absolute Gasteiger partial charge is 0.486 e. The maximum absolute atomic E-state index is 6.75. The van der Waals surface area contributed by atoms with Crippen LogP contribution in [0.5, 0.6) is 11.5 Å². The smallest absolute Gasteiger partial charge is 0.161 e. The zero-order chi connectivity index (χ0) is 14.7. The molecule has 110 valence electrons. The highest BCUT2D eigenvalue weighted by molar-refractivity contribution is 6.21. The number of hydrogen-bond acceptors (Lipinski definition) is 2. The molecule has 0 aliphatic carbocycles. The summed E-state index contributed by atoms with van der Waals surface area (Å²) in [6.07, 6.45) is 0.993. The van der Waals surface area contributed by atoms with Crippen LogP contribution in [0.15, 0.2) is 48.5 Å². The fourth-order valence-corrected chi connectivity index (χ4v) is 3.24. The standard InChI is InChI=1S/C18H19ClO2/c1-2-15(13-6-4-3-5-7-13)18(19)14-8-9-16-17(12-14)21-11-10-20-16/h3-9,12,15,18H,2,10-11H2,1H3. The number of halogens is 1. The lowest BCUT2D eigenvalue weighted by atomic mass is 9.89. The fraction of sp³-hybridized carbons (Fsp3) is 0.333. The third kappa shape index (κ3) is 3.01. The molecule has 0 fully saturated rings. The second kappa shape index (κ2) is 6.40. The monoisotopic (exact) mass is 302 g/mol.